The number of fused-ring (bicyclic) bond motifs is 1. The summed E-state index contributed by atoms with van der Waals surface area (Å²) in [5, 5.41) is 1.88. The number of nitrogens with zero attached hydrogens (tertiary/aromatic N) is 1. The molecule has 3 aromatic rings. The molecular formula is C20H21NO4S. The highest BCUT2D eigenvalue weighted by atomic mass is 32.1. The van der Waals surface area contributed by atoms with E-state index >= 15 is 0 Å². The van der Waals surface area contributed by atoms with E-state index in [0.717, 1.165) is 46.5 Å². The van der Waals surface area contributed by atoms with Gasteiger partial charge in [-0.1, -0.05) is 25.5 Å². The maximum absolute atomic E-state index is 11.8. The largest absolute Gasteiger partial charge is 0.494 e. The maximum atomic E-state index is 11.8. The van der Waals surface area contributed by atoms with Crippen LogP contribution >= 0.6 is 11.3 Å². The summed E-state index contributed by atoms with van der Waals surface area (Å²) in [5.74, 6) is 0.459. The first-order chi connectivity index (χ1) is 12.7. The third-order valence-electron chi connectivity index (χ3n) is 4.18. The number of carbonyl (C=O) groups excluding carboxylic acids is 2. The maximum Gasteiger partial charge on any atom is 0.311 e. The number of esters is 1. The van der Waals surface area contributed by atoms with E-state index < -0.39 is 0 Å². The summed E-state index contributed by atoms with van der Waals surface area (Å²) in [7, 11) is 1.36. The van der Waals surface area contributed by atoms with Gasteiger partial charge in [-0.3, -0.25) is 9.59 Å². The van der Waals surface area contributed by atoms with Gasteiger partial charge < -0.3 is 13.9 Å². The number of methoxy groups -OCH3 is 1. The zero-order chi connectivity index (χ0) is 18.5. The number of hydrogen-bond acceptors (Lipinski definition) is 5. The first-order valence-electron chi connectivity index (χ1n) is 8.55. The second kappa shape index (κ2) is 8.19. The second-order valence-electron chi connectivity index (χ2n) is 5.94. The number of ether oxygens (including phenoxy) is 2. The average Bonchev–Trinajstić information content (AvgIpc) is 3.21. The van der Waals surface area contributed by atoms with Crippen LogP contribution in [0.3, 0.4) is 0 Å². The Hall–Kier alpha value is -2.60. The highest BCUT2D eigenvalue weighted by molar-refractivity contribution is 7.15. The number of carbonyl (C=O) groups is 2. The molecule has 0 fully saturated rings. The summed E-state index contributed by atoms with van der Waals surface area (Å²) in [5.41, 5.74) is 3.03. The van der Waals surface area contributed by atoms with Crippen molar-refractivity contribution < 1.29 is 19.1 Å². The van der Waals surface area contributed by atoms with Crippen LogP contribution in [0.15, 0.2) is 35.7 Å². The number of benzene rings is 1. The quantitative estimate of drug-likeness (QED) is 0.335. The summed E-state index contributed by atoms with van der Waals surface area (Å²) in [6.45, 7) is 2.80. The van der Waals surface area contributed by atoms with Crippen molar-refractivity contribution in [1.29, 1.82) is 0 Å². The molecule has 0 amide bonds. The predicted octanol–water partition coefficient (Wildman–Crippen LogP) is 4.37. The fourth-order valence-corrected chi connectivity index (χ4v) is 3.79. The number of aromatic nitrogens is 1. The molecule has 3 rings (SSSR count). The van der Waals surface area contributed by atoms with Crippen LogP contribution in [0.4, 0.5) is 0 Å². The van der Waals surface area contributed by atoms with Crippen LogP contribution in [0.1, 0.15) is 35.9 Å². The number of thiazole rings is 1. The molecule has 5 nitrogen and oxygen atoms in total. The van der Waals surface area contributed by atoms with Gasteiger partial charge in [0.2, 0.25) is 0 Å². The fourth-order valence-electron chi connectivity index (χ4n) is 2.84. The predicted molar refractivity (Wildman–Crippen MR) is 102 cm³/mol. The van der Waals surface area contributed by atoms with Crippen molar-refractivity contribution in [2.24, 2.45) is 0 Å². The Morgan fingerprint density at radius 2 is 2.15 bits per heavy atom. The van der Waals surface area contributed by atoms with Gasteiger partial charge in [0.25, 0.3) is 0 Å². The molecule has 0 radical (unpaired) electrons. The van der Waals surface area contributed by atoms with Gasteiger partial charge >= 0.3 is 5.97 Å². The number of unbranched alkanes of at least 4 members (excludes halogenated alkanes) is 1. The van der Waals surface area contributed by atoms with Crippen molar-refractivity contribution in [2.45, 2.75) is 26.2 Å². The summed E-state index contributed by atoms with van der Waals surface area (Å²) in [6.07, 6.45) is 3.04. The van der Waals surface area contributed by atoms with Crippen molar-refractivity contribution in [3.8, 4) is 16.9 Å². The highest BCUT2D eigenvalue weighted by Gasteiger charge is 2.18. The van der Waals surface area contributed by atoms with Crippen molar-refractivity contribution in [3.63, 3.8) is 0 Å². The second-order valence-corrected chi connectivity index (χ2v) is 6.83. The van der Waals surface area contributed by atoms with Crippen molar-refractivity contribution in [3.05, 3.63) is 47.1 Å². The van der Waals surface area contributed by atoms with E-state index in [2.05, 4.69) is 6.92 Å². The monoisotopic (exact) mass is 371 g/mol. The summed E-state index contributed by atoms with van der Waals surface area (Å²) in [4.78, 5) is 24.4. The SMILES string of the molecule is CCCCOc1cccc(-c2cc3scc(CC(=O)OC)n3c2C=O)c1. The highest BCUT2D eigenvalue weighted by Crippen LogP contribution is 2.32. The summed E-state index contributed by atoms with van der Waals surface area (Å²) in [6, 6.07) is 9.72. The van der Waals surface area contributed by atoms with E-state index in [-0.39, 0.29) is 12.4 Å². The number of rotatable bonds is 8. The molecule has 0 spiro atoms. The molecule has 136 valence electrons. The Kier molecular flexibility index (Phi) is 5.73. The third kappa shape index (κ3) is 3.65. The lowest BCUT2D eigenvalue weighted by molar-refractivity contribution is -0.139. The van der Waals surface area contributed by atoms with Crippen LogP contribution in [-0.2, 0) is 16.0 Å². The van der Waals surface area contributed by atoms with Crippen LogP contribution < -0.4 is 4.74 Å². The standard InChI is InChI=1S/C20H21NO4S/c1-3-4-8-25-16-7-5-6-14(9-16)17-11-19-21(18(17)12-22)15(13-26-19)10-20(23)24-2/h5-7,9,11-13H,3-4,8,10H2,1-2H3. The van der Waals surface area contributed by atoms with Crippen LogP contribution in [-0.4, -0.2) is 30.4 Å². The number of hydrogen-bond donors (Lipinski definition) is 0. The fraction of sp³-hybridized carbons (Fsp3) is 0.300. The van der Waals surface area contributed by atoms with Gasteiger partial charge in [0.05, 0.1) is 25.8 Å². The molecule has 6 heteroatoms. The van der Waals surface area contributed by atoms with E-state index in [4.69, 9.17) is 9.47 Å². The summed E-state index contributed by atoms with van der Waals surface area (Å²) < 4.78 is 12.4. The Bertz CT molecular complexity index is 925. The van der Waals surface area contributed by atoms with Crippen molar-refractivity contribution in [1.82, 2.24) is 4.40 Å². The smallest absolute Gasteiger partial charge is 0.311 e. The lowest BCUT2D eigenvalue weighted by Gasteiger charge is -2.08. The minimum absolute atomic E-state index is 0.131. The van der Waals surface area contributed by atoms with Gasteiger partial charge in [-0.15, -0.1) is 11.3 Å². The van der Waals surface area contributed by atoms with Gasteiger partial charge in [-0.25, -0.2) is 0 Å². The molecule has 0 saturated carbocycles. The zero-order valence-electron chi connectivity index (χ0n) is 14.9. The molecule has 1 aromatic carbocycles. The van der Waals surface area contributed by atoms with Crippen LogP contribution in [0.5, 0.6) is 5.75 Å². The molecule has 0 aliphatic carbocycles. The molecule has 0 unspecified atom stereocenters. The molecular weight excluding hydrogens is 350 g/mol. The van der Waals surface area contributed by atoms with Crippen LogP contribution in [0, 0.1) is 0 Å². The normalized spacial score (nSPS) is 10.8. The lowest BCUT2D eigenvalue weighted by Crippen LogP contribution is -2.07. The van der Waals surface area contributed by atoms with Crippen LogP contribution in [0.2, 0.25) is 0 Å². The molecule has 2 aromatic heterocycles. The summed E-state index contributed by atoms with van der Waals surface area (Å²) >= 11 is 1.50. The van der Waals surface area contributed by atoms with Gasteiger partial charge in [0.15, 0.2) is 6.29 Å². The Labute approximate surface area is 156 Å². The lowest BCUT2D eigenvalue weighted by atomic mass is 10.1. The topological polar surface area (TPSA) is 57.0 Å². The minimum atomic E-state index is -0.330. The minimum Gasteiger partial charge on any atom is -0.494 e. The van der Waals surface area contributed by atoms with Crippen LogP contribution in [0.25, 0.3) is 16.0 Å². The van der Waals surface area contributed by atoms with Gasteiger partial charge in [0.1, 0.15) is 10.6 Å². The Morgan fingerprint density at radius 3 is 2.88 bits per heavy atom. The van der Waals surface area contributed by atoms with E-state index in [9.17, 15) is 9.59 Å². The average molecular weight is 371 g/mol. The first kappa shape index (κ1) is 18.2. The van der Waals surface area contributed by atoms with E-state index in [1.165, 1.54) is 18.4 Å². The molecule has 0 atom stereocenters. The molecule has 0 bridgehead atoms. The van der Waals surface area contributed by atoms with E-state index in [1.54, 1.807) is 0 Å². The molecule has 0 N–H and O–H groups in total. The van der Waals surface area contributed by atoms with Crippen molar-refractivity contribution >= 4 is 28.4 Å². The third-order valence-corrected chi connectivity index (χ3v) is 5.12. The first-order valence-corrected chi connectivity index (χ1v) is 9.43. The van der Waals surface area contributed by atoms with E-state index in [0.29, 0.717) is 12.3 Å². The molecule has 2 heterocycles. The van der Waals surface area contributed by atoms with Gasteiger partial charge in [-0.2, -0.15) is 0 Å². The molecule has 0 saturated heterocycles. The number of aldehydes is 1. The van der Waals surface area contributed by atoms with Crippen molar-refractivity contribution in [2.75, 3.05) is 13.7 Å². The van der Waals surface area contributed by atoms with Gasteiger partial charge in [-0.05, 0) is 30.2 Å². The molecule has 0 aliphatic rings. The van der Waals surface area contributed by atoms with E-state index in [1.807, 2.05) is 40.1 Å². The Morgan fingerprint density at radius 1 is 1.31 bits per heavy atom. The molecule has 26 heavy (non-hydrogen) atoms. The zero-order valence-corrected chi connectivity index (χ0v) is 15.7. The van der Waals surface area contributed by atoms with Gasteiger partial charge in [0, 0.05) is 16.6 Å². The molecule has 0 aliphatic heterocycles. The Balaban J connectivity index is 1.99.